The molecule has 1 aliphatic rings. The van der Waals surface area contributed by atoms with Crippen LogP contribution in [0.5, 0.6) is 11.5 Å². The largest absolute Gasteiger partial charge is 0.493 e. The molecule has 0 radical (unpaired) electrons. The normalized spacial score (nSPS) is 13.5. The number of pyridine rings is 2. The van der Waals surface area contributed by atoms with Gasteiger partial charge < -0.3 is 9.47 Å². The summed E-state index contributed by atoms with van der Waals surface area (Å²) in [7, 11) is 0. The number of aryl methyl sites for hydroxylation is 3. The Hall–Kier alpha value is -3.66. The van der Waals surface area contributed by atoms with Crippen LogP contribution in [0, 0.1) is 13.8 Å². The van der Waals surface area contributed by atoms with E-state index in [1.54, 1.807) is 0 Å². The van der Waals surface area contributed by atoms with Crippen molar-refractivity contribution in [2.45, 2.75) is 71.6 Å². The number of aromatic nitrogens is 2. The molecule has 196 valence electrons. The molecule has 0 bridgehead atoms. The van der Waals surface area contributed by atoms with Crippen molar-refractivity contribution in [3.8, 4) is 22.6 Å². The Morgan fingerprint density at radius 3 is 1.97 bits per heavy atom. The Kier molecular flexibility index (Phi) is 8.70. The zero-order chi connectivity index (χ0) is 26.2. The molecule has 2 aromatic heterocycles. The monoisotopic (exact) mass is 508 g/mol. The number of rotatable bonds is 11. The van der Waals surface area contributed by atoms with E-state index < -0.39 is 0 Å². The van der Waals surface area contributed by atoms with Gasteiger partial charge in [-0.15, -0.1) is 0 Å². The van der Waals surface area contributed by atoms with Gasteiger partial charge in [0, 0.05) is 43.5 Å². The van der Waals surface area contributed by atoms with Crippen LogP contribution in [0.4, 0.5) is 0 Å². The van der Waals surface area contributed by atoms with Crippen molar-refractivity contribution in [3.63, 3.8) is 0 Å². The number of unbranched alkanes of at least 4 members (excludes halogenated alkanes) is 1. The van der Waals surface area contributed by atoms with E-state index in [4.69, 9.17) is 9.47 Å². The summed E-state index contributed by atoms with van der Waals surface area (Å²) in [6.07, 6.45) is 16.3. The fraction of sp³-hybridized carbons (Fsp3) is 0.353. The lowest BCUT2D eigenvalue weighted by molar-refractivity contribution is -0.721. The first-order valence-electron chi connectivity index (χ1n) is 14.1. The highest BCUT2D eigenvalue weighted by Gasteiger charge is 2.22. The van der Waals surface area contributed by atoms with Gasteiger partial charge >= 0.3 is 0 Å². The van der Waals surface area contributed by atoms with Crippen molar-refractivity contribution < 1.29 is 18.6 Å². The predicted octanol–water partition coefficient (Wildman–Crippen LogP) is 7.10. The lowest BCUT2D eigenvalue weighted by atomic mass is 10.1. The van der Waals surface area contributed by atoms with Gasteiger partial charge in [-0.25, -0.2) is 9.13 Å². The minimum Gasteiger partial charge on any atom is -0.493 e. The number of hydrogen-bond acceptors (Lipinski definition) is 2. The maximum absolute atomic E-state index is 6.13. The van der Waals surface area contributed by atoms with Crippen molar-refractivity contribution in [2.75, 3.05) is 6.61 Å². The lowest BCUT2D eigenvalue weighted by Crippen LogP contribution is -2.36. The van der Waals surface area contributed by atoms with E-state index >= 15 is 0 Å². The van der Waals surface area contributed by atoms with Crippen LogP contribution >= 0.6 is 0 Å². The zero-order valence-electron chi connectivity index (χ0n) is 22.8. The fourth-order valence-electron chi connectivity index (χ4n) is 5.26. The second kappa shape index (κ2) is 12.7. The van der Waals surface area contributed by atoms with E-state index in [9.17, 15) is 0 Å². The van der Waals surface area contributed by atoms with Gasteiger partial charge in [0.05, 0.1) is 6.61 Å². The van der Waals surface area contributed by atoms with Crippen molar-refractivity contribution in [2.24, 2.45) is 0 Å². The molecule has 2 aromatic carbocycles. The molecule has 1 fully saturated rings. The summed E-state index contributed by atoms with van der Waals surface area (Å²) in [4.78, 5) is 0. The maximum atomic E-state index is 6.13. The standard InChI is InChI=1S/C34H40N2O2/c1-27-25-34(38-26-29-10-4-3-5-11-29)28(2)24-33(27)37-23-9-8-18-35-19-14-30(15-20-35)31-16-21-36(22-17-31)32-12-6-7-13-32/h3-5,10-11,14-17,19-22,24-25,32H,6-9,12-13,18,23,26H2,1-2H3/q+2. The first-order chi connectivity index (χ1) is 18.7. The van der Waals surface area contributed by atoms with E-state index in [1.165, 1.54) is 42.4 Å². The second-order valence-corrected chi connectivity index (χ2v) is 10.5. The number of benzene rings is 2. The van der Waals surface area contributed by atoms with Gasteiger partial charge in [-0.05, 0) is 73.1 Å². The molecule has 0 aliphatic heterocycles. The summed E-state index contributed by atoms with van der Waals surface area (Å²) in [5, 5.41) is 0. The molecule has 4 aromatic rings. The molecule has 4 heteroatoms. The Morgan fingerprint density at radius 2 is 1.32 bits per heavy atom. The van der Waals surface area contributed by atoms with Gasteiger partial charge in [0.15, 0.2) is 30.8 Å². The molecule has 0 spiro atoms. The smallest absolute Gasteiger partial charge is 0.169 e. The van der Waals surface area contributed by atoms with Crippen LogP contribution in [-0.2, 0) is 13.2 Å². The first kappa shape index (κ1) is 26.0. The number of hydrogen-bond donors (Lipinski definition) is 0. The third kappa shape index (κ3) is 6.80. The summed E-state index contributed by atoms with van der Waals surface area (Å²) in [6.45, 7) is 6.45. The molecule has 0 unspecified atom stereocenters. The lowest BCUT2D eigenvalue weighted by Gasteiger charge is -2.14. The Labute approximate surface area is 227 Å². The van der Waals surface area contributed by atoms with Crippen LogP contribution in [0.3, 0.4) is 0 Å². The van der Waals surface area contributed by atoms with Crippen molar-refractivity contribution in [3.05, 3.63) is 108 Å². The molecule has 4 nitrogen and oxygen atoms in total. The predicted molar refractivity (Wildman–Crippen MR) is 151 cm³/mol. The highest BCUT2D eigenvalue weighted by atomic mass is 16.5. The maximum Gasteiger partial charge on any atom is 0.169 e. The first-order valence-corrected chi connectivity index (χ1v) is 14.1. The summed E-state index contributed by atoms with van der Waals surface area (Å²) in [6, 6.07) is 24.1. The van der Waals surface area contributed by atoms with Gasteiger partial charge in [0.2, 0.25) is 0 Å². The van der Waals surface area contributed by atoms with E-state index in [2.05, 4.69) is 96.3 Å². The highest BCUT2D eigenvalue weighted by molar-refractivity contribution is 5.60. The molecular weight excluding hydrogens is 468 g/mol. The average molecular weight is 509 g/mol. The minimum atomic E-state index is 0.575. The summed E-state index contributed by atoms with van der Waals surface area (Å²) in [5.74, 6) is 1.87. The van der Waals surface area contributed by atoms with Gasteiger partial charge in [-0.2, -0.15) is 0 Å². The molecule has 0 atom stereocenters. The molecule has 38 heavy (non-hydrogen) atoms. The van der Waals surface area contributed by atoms with Crippen molar-refractivity contribution in [1.82, 2.24) is 0 Å². The summed E-state index contributed by atoms with van der Waals surface area (Å²) >= 11 is 0. The molecule has 0 N–H and O–H groups in total. The van der Waals surface area contributed by atoms with E-state index in [0.717, 1.165) is 42.0 Å². The van der Waals surface area contributed by atoms with Gasteiger partial charge in [0.1, 0.15) is 24.7 Å². The van der Waals surface area contributed by atoms with E-state index in [-0.39, 0.29) is 0 Å². The molecular formula is C34H40N2O2+2. The number of nitrogens with zero attached hydrogens (tertiary/aromatic N) is 2. The van der Waals surface area contributed by atoms with Crippen LogP contribution < -0.4 is 18.6 Å². The SMILES string of the molecule is Cc1cc(OCc2ccccc2)c(C)cc1OCCCC[n+]1ccc(-c2cc[n+](C3CCCC3)cc2)cc1. The molecule has 5 rings (SSSR count). The average Bonchev–Trinajstić information content (AvgIpc) is 3.50. The molecule has 0 saturated heterocycles. The van der Waals surface area contributed by atoms with Crippen LogP contribution in [0.2, 0.25) is 0 Å². The molecule has 2 heterocycles. The van der Waals surface area contributed by atoms with Crippen LogP contribution in [-0.4, -0.2) is 6.61 Å². The Balaban J connectivity index is 1.05. The highest BCUT2D eigenvalue weighted by Crippen LogP contribution is 2.29. The zero-order valence-corrected chi connectivity index (χ0v) is 22.8. The number of ether oxygens (including phenoxy) is 2. The van der Waals surface area contributed by atoms with Gasteiger partial charge in [0.25, 0.3) is 0 Å². The Bertz CT molecular complexity index is 1300. The van der Waals surface area contributed by atoms with Gasteiger partial charge in [-0.3, -0.25) is 0 Å². The quantitative estimate of drug-likeness (QED) is 0.160. The topological polar surface area (TPSA) is 26.2 Å². The van der Waals surface area contributed by atoms with Gasteiger partial charge in [-0.1, -0.05) is 30.3 Å². The summed E-state index contributed by atoms with van der Waals surface area (Å²) < 4.78 is 16.8. The Morgan fingerprint density at radius 1 is 0.711 bits per heavy atom. The van der Waals surface area contributed by atoms with E-state index in [1.807, 2.05) is 18.2 Å². The van der Waals surface area contributed by atoms with Crippen LogP contribution in [0.1, 0.15) is 61.3 Å². The van der Waals surface area contributed by atoms with Crippen molar-refractivity contribution >= 4 is 0 Å². The van der Waals surface area contributed by atoms with Crippen molar-refractivity contribution in [1.29, 1.82) is 0 Å². The molecule has 1 aliphatic carbocycles. The minimum absolute atomic E-state index is 0.575. The third-order valence-electron chi connectivity index (χ3n) is 7.60. The second-order valence-electron chi connectivity index (χ2n) is 10.5. The molecule has 1 saturated carbocycles. The molecule has 0 amide bonds. The fourth-order valence-corrected chi connectivity index (χ4v) is 5.26. The van der Waals surface area contributed by atoms with Crippen LogP contribution in [0.25, 0.3) is 11.1 Å². The third-order valence-corrected chi connectivity index (χ3v) is 7.60. The summed E-state index contributed by atoms with van der Waals surface area (Å²) in [5.41, 5.74) is 5.93. The van der Waals surface area contributed by atoms with Crippen LogP contribution in [0.15, 0.2) is 91.5 Å². The van der Waals surface area contributed by atoms with E-state index in [0.29, 0.717) is 19.3 Å².